The molecule has 0 amide bonds. The van der Waals surface area contributed by atoms with Gasteiger partial charge in [-0.15, -0.1) is 0 Å². The van der Waals surface area contributed by atoms with Gasteiger partial charge in [-0.05, 0) is 38.3 Å². The van der Waals surface area contributed by atoms with Crippen LogP contribution in [-0.2, 0) is 16.0 Å². The van der Waals surface area contributed by atoms with Gasteiger partial charge < -0.3 is 24.5 Å². The van der Waals surface area contributed by atoms with E-state index in [2.05, 4.69) is 14.9 Å². The van der Waals surface area contributed by atoms with Crippen molar-refractivity contribution in [3.05, 3.63) is 24.3 Å². The monoisotopic (exact) mass is 319 g/mol. The van der Waals surface area contributed by atoms with Crippen molar-refractivity contribution in [2.75, 3.05) is 25.1 Å². The normalized spacial score (nSPS) is 19.8. The van der Waals surface area contributed by atoms with Crippen LogP contribution in [0.1, 0.15) is 26.2 Å². The fraction of sp³-hybridized carbons (Fsp3) is 0.588. The summed E-state index contributed by atoms with van der Waals surface area (Å²) in [5, 5.41) is 12.7. The lowest BCUT2D eigenvalue weighted by Crippen LogP contribution is -2.24. The number of nitrogens with one attached hydrogen (secondary N) is 1. The molecule has 3 rings (SSSR count). The fourth-order valence-corrected chi connectivity index (χ4v) is 2.79. The highest BCUT2D eigenvalue weighted by atomic mass is 16.7. The lowest BCUT2D eigenvalue weighted by Gasteiger charge is -2.23. The van der Waals surface area contributed by atoms with Crippen molar-refractivity contribution in [2.45, 2.75) is 45.1 Å². The number of hydrogen-bond donors (Lipinski definition) is 2. The topological polar surface area (TPSA) is 68.5 Å². The third kappa shape index (κ3) is 4.22. The lowest BCUT2D eigenvalue weighted by atomic mass is 10.2. The number of ether oxygens (including phenoxy) is 2. The van der Waals surface area contributed by atoms with Crippen LogP contribution in [-0.4, -0.2) is 46.8 Å². The molecule has 0 bridgehead atoms. The number of aliphatic hydroxyl groups excluding tert-OH is 1. The van der Waals surface area contributed by atoms with Gasteiger partial charge >= 0.3 is 0 Å². The Morgan fingerprint density at radius 1 is 1.43 bits per heavy atom. The number of benzene rings is 1. The summed E-state index contributed by atoms with van der Waals surface area (Å²) in [6.07, 6.45) is 2.76. The molecule has 1 fully saturated rings. The van der Waals surface area contributed by atoms with Crippen molar-refractivity contribution in [3.8, 4) is 0 Å². The van der Waals surface area contributed by atoms with Crippen LogP contribution in [0.15, 0.2) is 24.3 Å². The summed E-state index contributed by atoms with van der Waals surface area (Å²) < 4.78 is 13.5. The number of aromatic nitrogens is 2. The maximum absolute atomic E-state index is 9.48. The molecule has 2 heterocycles. The average molecular weight is 319 g/mol. The van der Waals surface area contributed by atoms with E-state index in [4.69, 9.17) is 9.47 Å². The Bertz CT molecular complexity index is 621. The predicted octanol–water partition coefficient (Wildman–Crippen LogP) is 2.37. The summed E-state index contributed by atoms with van der Waals surface area (Å²) >= 11 is 0. The van der Waals surface area contributed by atoms with Gasteiger partial charge in [-0.3, -0.25) is 0 Å². The van der Waals surface area contributed by atoms with Crippen molar-refractivity contribution in [3.63, 3.8) is 0 Å². The highest BCUT2D eigenvalue weighted by Crippen LogP contribution is 2.20. The molecule has 0 aliphatic carbocycles. The third-order valence-electron chi connectivity index (χ3n) is 3.97. The minimum atomic E-state index is -0.421. The van der Waals surface area contributed by atoms with Crippen LogP contribution in [0, 0.1) is 0 Å². The average Bonchev–Trinajstić information content (AvgIpc) is 2.92. The minimum absolute atomic E-state index is 0.0765. The van der Waals surface area contributed by atoms with Crippen molar-refractivity contribution >= 4 is 17.0 Å². The van der Waals surface area contributed by atoms with Crippen molar-refractivity contribution in [1.82, 2.24) is 9.55 Å². The van der Waals surface area contributed by atoms with Crippen LogP contribution in [0.2, 0.25) is 0 Å². The molecule has 126 valence electrons. The molecule has 1 aromatic heterocycles. The predicted molar refractivity (Wildman–Crippen MR) is 89.4 cm³/mol. The molecule has 1 aliphatic rings. The van der Waals surface area contributed by atoms with Crippen molar-refractivity contribution in [2.24, 2.45) is 0 Å². The maximum Gasteiger partial charge on any atom is 0.204 e. The molecule has 0 spiro atoms. The number of fused-ring (bicyclic) bond motifs is 1. The number of imidazole rings is 1. The molecule has 2 atom stereocenters. The largest absolute Gasteiger partial charge is 0.392 e. The number of rotatable bonds is 7. The number of anilines is 1. The van der Waals surface area contributed by atoms with E-state index in [1.807, 2.05) is 24.3 Å². The van der Waals surface area contributed by atoms with Crippen LogP contribution in [0.25, 0.3) is 11.0 Å². The maximum atomic E-state index is 9.48. The molecule has 6 heteroatoms. The number of nitrogens with zero attached hydrogens (tertiary/aromatic N) is 2. The first kappa shape index (κ1) is 16.2. The highest BCUT2D eigenvalue weighted by Gasteiger charge is 2.15. The second-order valence-electron chi connectivity index (χ2n) is 5.97. The molecule has 0 saturated carbocycles. The molecule has 6 nitrogen and oxygen atoms in total. The van der Waals surface area contributed by atoms with E-state index in [9.17, 15) is 5.11 Å². The molecule has 0 radical (unpaired) electrons. The van der Waals surface area contributed by atoms with Gasteiger partial charge in [-0.1, -0.05) is 12.1 Å². The Balaban J connectivity index is 1.67. The summed E-state index contributed by atoms with van der Waals surface area (Å²) in [7, 11) is 0. The quantitative estimate of drug-likeness (QED) is 0.820. The summed E-state index contributed by atoms with van der Waals surface area (Å²) in [5.41, 5.74) is 2.00. The Morgan fingerprint density at radius 3 is 3.09 bits per heavy atom. The van der Waals surface area contributed by atoms with Gasteiger partial charge in [0.2, 0.25) is 5.95 Å². The molecule has 2 aromatic rings. The molecule has 0 unspecified atom stereocenters. The summed E-state index contributed by atoms with van der Waals surface area (Å²) in [6.45, 7) is 4.29. The SMILES string of the molecule is C[C@H](O)CNc1nc2ccccc2n1CCO[C@@H]1CCCCO1. The van der Waals surface area contributed by atoms with Gasteiger partial charge in [0.25, 0.3) is 0 Å². The lowest BCUT2D eigenvalue weighted by molar-refractivity contribution is -0.163. The third-order valence-corrected chi connectivity index (χ3v) is 3.97. The zero-order valence-corrected chi connectivity index (χ0v) is 13.6. The Labute approximate surface area is 136 Å². The number of hydrogen-bond acceptors (Lipinski definition) is 5. The smallest absolute Gasteiger partial charge is 0.204 e. The number of para-hydroxylation sites is 2. The van der Waals surface area contributed by atoms with E-state index < -0.39 is 6.10 Å². The van der Waals surface area contributed by atoms with Crippen LogP contribution < -0.4 is 5.32 Å². The van der Waals surface area contributed by atoms with Crippen LogP contribution in [0.3, 0.4) is 0 Å². The zero-order valence-electron chi connectivity index (χ0n) is 13.6. The van der Waals surface area contributed by atoms with Gasteiger partial charge in [-0.2, -0.15) is 0 Å². The van der Waals surface area contributed by atoms with Crippen LogP contribution in [0.4, 0.5) is 5.95 Å². The Hall–Kier alpha value is -1.63. The van der Waals surface area contributed by atoms with E-state index in [-0.39, 0.29) is 6.29 Å². The van der Waals surface area contributed by atoms with Gasteiger partial charge in [0.1, 0.15) is 0 Å². The Kier molecular flexibility index (Phi) is 5.48. The highest BCUT2D eigenvalue weighted by molar-refractivity contribution is 5.78. The Morgan fingerprint density at radius 2 is 2.30 bits per heavy atom. The first-order valence-corrected chi connectivity index (χ1v) is 8.34. The van der Waals surface area contributed by atoms with Gasteiger partial charge in [0.15, 0.2) is 6.29 Å². The second-order valence-corrected chi connectivity index (χ2v) is 5.97. The molecule has 23 heavy (non-hydrogen) atoms. The summed E-state index contributed by atoms with van der Waals surface area (Å²) in [6, 6.07) is 8.02. The van der Waals surface area contributed by atoms with E-state index >= 15 is 0 Å². The van der Waals surface area contributed by atoms with Gasteiger partial charge in [0, 0.05) is 19.7 Å². The molecule has 1 aromatic carbocycles. The first-order chi connectivity index (χ1) is 11.2. The summed E-state index contributed by atoms with van der Waals surface area (Å²) in [5.74, 6) is 0.764. The van der Waals surface area contributed by atoms with Crippen molar-refractivity contribution in [1.29, 1.82) is 0 Å². The molecule has 1 aliphatic heterocycles. The second kappa shape index (κ2) is 7.77. The number of aliphatic hydroxyl groups is 1. The van der Waals surface area contributed by atoms with Crippen LogP contribution >= 0.6 is 0 Å². The van der Waals surface area contributed by atoms with E-state index in [0.29, 0.717) is 19.7 Å². The van der Waals surface area contributed by atoms with E-state index in [0.717, 1.165) is 36.4 Å². The molecular weight excluding hydrogens is 294 g/mol. The first-order valence-electron chi connectivity index (χ1n) is 8.34. The van der Waals surface area contributed by atoms with Crippen molar-refractivity contribution < 1.29 is 14.6 Å². The zero-order chi connectivity index (χ0) is 16.1. The van der Waals surface area contributed by atoms with Crippen LogP contribution in [0.5, 0.6) is 0 Å². The van der Waals surface area contributed by atoms with Gasteiger partial charge in [0.05, 0.1) is 23.7 Å². The standard InChI is InChI=1S/C17H25N3O3/c1-13(21)12-18-17-19-14-6-2-3-7-15(14)20(17)9-11-23-16-8-4-5-10-22-16/h2-3,6-7,13,16,21H,4-5,8-12H2,1H3,(H,18,19)/t13-,16+/m0/s1. The molecule has 1 saturated heterocycles. The van der Waals surface area contributed by atoms with E-state index in [1.54, 1.807) is 6.92 Å². The minimum Gasteiger partial charge on any atom is -0.392 e. The van der Waals surface area contributed by atoms with Gasteiger partial charge in [-0.25, -0.2) is 4.98 Å². The summed E-state index contributed by atoms with van der Waals surface area (Å²) in [4.78, 5) is 4.60. The fourth-order valence-electron chi connectivity index (χ4n) is 2.79. The van der Waals surface area contributed by atoms with E-state index in [1.165, 1.54) is 6.42 Å². The molecular formula is C17H25N3O3. The molecule has 2 N–H and O–H groups in total.